The van der Waals surface area contributed by atoms with Gasteiger partial charge in [-0.05, 0) is 49.2 Å². The maximum absolute atomic E-state index is 12.7. The Hall–Kier alpha value is -2.91. The summed E-state index contributed by atoms with van der Waals surface area (Å²) in [4.78, 5) is 23.5. The van der Waals surface area contributed by atoms with E-state index in [1.54, 1.807) is 24.3 Å². The standard InChI is InChI=1S/C20H22N2O6S/c1-27-17-7-8-19(15(11-17)13-23)28-14-20(24)21-16-5-4-6-18(12-16)29(25,26)22-9-2-3-10-22/h4-8,11-13H,2-3,9-10,14H2,1H3,(H,21,24). The van der Waals surface area contributed by atoms with E-state index in [2.05, 4.69) is 5.32 Å². The summed E-state index contributed by atoms with van der Waals surface area (Å²) >= 11 is 0. The minimum atomic E-state index is -3.57. The molecule has 0 spiro atoms. The molecule has 0 radical (unpaired) electrons. The number of aldehydes is 1. The van der Waals surface area contributed by atoms with Gasteiger partial charge >= 0.3 is 0 Å². The molecule has 1 N–H and O–H groups in total. The molecule has 0 atom stereocenters. The van der Waals surface area contributed by atoms with Crippen molar-refractivity contribution in [1.29, 1.82) is 0 Å². The van der Waals surface area contributed by atoms with Crippen LogP contribution in [0.1, 0.15) is 23.2 Å². The molecule has 0 unspecified atom stereocenters. The van der Waals surface area contributed by atoms with Gasteiger partial charge in [0.1, 0.15) is 11.5 Å². The van der Waals surface area contributed by atoms with Gasteiger partial charge < -0.3 is 14.8 Å². The van der Waals surface area contributed by atoms with Crippen LogP contribution in [0.4, 0.5) is 5.69 Å². The van der Waals surface area contributed by atoms with Crippen molar-refractivity contribution in [2.75, 3.05) is 32.1 Å². The first kappa shape index (κ1) is 20.8. The van der Waals surface area contributed by atoms with Crippen LogP contribution in [0.2, 0.25) is 0 Å². The molecule has 9 heteroatoms. The van der Waals surface area contributed by atoms with Crippen LogP contribution in [0.3, 0.4) is 0 Å². The van der Waals surface area contributed by atoms with Gasteiger partial charge in [0.05, 0.1) is 17.6 Å². The van der Waals surface area contributed by atoms with Crippen molar-refractivity contribution in [2.24, 2.45) is 0 Å². The van der Waals surface area contributed by atoms with Crippen LogP contribution in [-0.2, 0) is 14.8 Å². The van der Waals surface area contributed by atoms with E-state index in [1.165, 1.54) is 29.6 Å². The lowest BCUT2D eigenvalue weighted by Gasteiger charge is -2.16. The van der Waals surface area contributed by atoms with Crippen LogP contribution in [0.15, 0.2) is 47.4 Å². The Morgan fingerprint density at radius 1 is 1.17 bits per heavy atom. The molecule has 1 fully saturated rings. The molecular formula is C20H22N2O6S. The van der Waals surface area contributed by atoms with Gasteiger partial charge in [-0.25, -0.2) is 8.42 Å². The number of carbonyl (C=O) groups excluding carboxylic acids is 2. The summed E-state index contributed by atoms with van der Waals surface area (Å²) < 4.78 is 37.2. The topological polar surface area (TPSA) is 102 Å². The van der Waals surface area contributed by atoms with Crippen LogP contribution in [0.25, 0.3) is 0 Å². The maximum atomic E-state index is 12.7. The van der Waals surface area contributed by atoms with Gasteiger partial charge in [0.15, 0.2) is 12.9 Å². The first-order valence-corrected chi connectivity index (χ1v) is 10.5. The van der Waals surface area contributed by atoms with E-state index in [9.17, 15) is 18.0 Å². The van der Waals surface area contributed by atoms with E-state index in [4.69, 9.17) is 9.47 Å². The van der Waals surface area contributed by atoms with Crippen LogP contribution < -0.4 is 14.8 Å². The van der Waals surface area contributed by atoms with Crippen molar-refractivity contribution in [1.82, 2.24) is 4.31 Å². The second-order valence-corrected chi connectivity index (χ2v) is 8.44. The summed E-state index contributed by atoms with van der Waals surface area (Å²) in [6, 6.07) is 10.8. The smallest absolute Gasteiger partial charge is 0.262 e. The van der Waals surface area contributed by atoms with Crippen molar-refractivity contribution in [3.05, 3.63) is 48.0 Å². The summed E-state index contributed by atoms with van der Waals surface area (Å²) in [6.07, 6.45) is 2.31. The molecule has 1 saturated heterocycles. The van der Waals surface area contributed by atoms with Crippen molar-refractivity contribution < 1.29 is 27.5 Å². The lowest BCUT2D eigenvalue weighted by atomic mass is 10.2. The highest BCUT2D eigenvalue weighted by Gasteiger charge is 2.27. The Bertz CT molecular complexity index is 1000. The fourth-order valence-corrected chi connectivity index (χ4v) is 4.59. The Morgan fingerprint density at radius 2 is 1.93 bits per heavy atom. The molecule has 1 aliphatic heterocycles. The lowest BCUT2D eigenvalue weighted by Crippen LogP contribution is -2.28. The summed E-state index contributed by atoms with van der Waals surface area (Å²) in [6.45, 7) is 0.678. The predicted molar refractivity (Wildman–Crippen MR) is 107 cm³/mol. The summed E-state index contributed by atoms with van der Waals surface area (Å²) in [5, 5.41) is 2.62. The van der Waals surface area contributed by atoms with Gasteiger partial charge in [0.25, 0.3) is 5.91 Å². The largest absolute Gasteiger partial charge is 0.497 e. The SMILES string of the molecule is COc1ccc(OCC(=O)Nc2cccc(S(=O)(=O)N3CCCC3)c2)c(C=O)c1. The van der Waals surface area contributed by atoms with Gasteiger partial charge in [-0.15, -0.1) is 0 Å². The highest BCUT2D eigenvalue weighted by atomic mass is 32.2. The monoisotopic (exact) mass is 418 g/mol. The van der Waals surface area contributed by atoms with Crippen molar-refractivity contribution in [2.45, 2.75) is 17.7 Å². The highest BCUT2D eigenvalue weighted by molar-refractivity contribution is 7.89. The Morgan fingerprint density at radius 3 is 2.62 bits per heavy atom. The number of hydrogen-bond donors (Lipinski definition) is 1. The number of nitrogens with zero attached hydrogens (tertiary/aromatic N) is 1. The molecule has 0 aliphatic carbocycles. The van der Waals surface area contributed by atoms with Crippen molar-refractivity contribution in [3.63, 3.8) is 0 Å². The van der Waals surface area contributed by atoms with E-state index in [0.717, 1.165) is 12.8 Å². The van der Waals surface area contributed by atoms with E-state index < -0.39 is 15.9 Å². The zero-order valence-electron chi connectivity index (χ0n) is 16.0. The third-order valence-electron chi connectivity index (χ3n) is 4.52. The number of anilines is 1. The molecule has 3 rings (SSSR count). The quantitative estimate of drug-likeness (QED) is 0.660. The minimum absolute atomic E-state index is 0.136. The summed E-state index contributed by atoms with van der Waals surface area (Å²) in [5.41, 5.74) is 0.611. The molecule has 1 heterocycles. The van der Waals surface area contributed by atoms with Crippen LogP contribution >= 0.6 is 0 Å². The normalized spacial score (nSPS) is 14.4. The number of hydrogen-bond acceptors (Lipinski definition) is 6. The van der Waals surface area contributed by atoms with E-state index in [1.807, 2.05) is 0 Å². The number of methoxy groups -OCH3 is 1. The summed E-state index contributed by atoms with van der Waals surface area (Å²) in [7, 11) is -2.09. The molecule has 1 aliphatic rings. The number of carbonyl (C=O) groups is 2. The molecule has 0 aromatic heterocycles. The molecule has 29 heavy (non-hydrogen) atoms. The minimum Gasteiger partial charge on any atom is -0.497 e. The Kier molecular flexibility index (Phi) is 6.50. The first-order valence-electron chi connectivity index (χ1n) is 9.10. The number of sulfonamides is 1. The molecule has 154 valence electrons. The highest BCUT2D eigenvalue weighted by Crippen LogP contribution is 2.24. The van der Waals surface area contributed by atoms with E-state index in [-0.39, 0.29) is 22.8 Å². The van der Waals surface area contributed by atoms with Crippen LogP contribution in [-0.4, -0.2) is 51.7 Å². The molecule has 1 amide bonds. The number of rotatable bonds is 8. The second-order valence-electron chi connectivity index (χ2n) is 6.50. The van der Waals surface area contributed by atoms with Crippen molar-refractivity contribution >= 4 is 27.9 Å². The predicted octanol–water partition coefficient (Wildman–Crippen LogP) is 2.31. The molecule has 0 bridgehead atoms. The Labute approximate surface area is 169 Å². The number of amides is 1. The first-order chi connectivity index (χ1) is 13.9. The molecule has 0 saturated carbocycles. The third-order valence-corrected chi connectivity index (χ3v) is 6.42. The average molecular weight is 418 g/mol. The zero-order valence-corrected chi connectivity index (χ0v) is 16.8. The molecule has 8 nitrogen and oxygen atoms in total. The zero-order chi connectivity index (χ0) is 20.9. The van der Waals surface area contributed by atoms with Gasteiger partial charge in [-0.3, -0.25) is 9.59 Å². The Balaban J connectivity index is 1.65. The van der Waals surface area contributed by atoms with E-state index in [0.29, 0.717) is 30.8 Å². The number of ether oxygens (including phenoxy) is 2. The fraction of sp³-hybridized carbons (Fsp3) is 0.300. The van der Waals surface area contributed by atoms with Crippen LogP contribution in [0, 0.1) is 0 Å². The van der Waals surface area contributed by atoms with Gasteiger partial charge in [-0.1, -0.05) is 6.07 Å². The lowest BCUT2D eigenvalue weighted by molar-refractivity contribution is -0.118. The maximum Gasteiger partial charge on any atom is 0.262 e. The number of nitrogens with one attached hydrogen (secondary N) is 1. The second kappa shape index (κ2) is 9.06. The number of benzene rings is 2. The van der Waals surface area contributed by atoms with Gasteiger partial charge in [-0.2, -0.15) is 4.31 Å². The molecular weight excluding hydrogens is 396 g/mol. The third kappa shape index (κ3) is 4.93. The average Bonchev–Trinajstić information content (AvgIpc) is 3.28. The van der Waals surface area contributed by atoms with E-state index >= 15 is 0 Å². The molecule has 2 aromatic rings. The molecule has 2 aromatic carbocycles. The van der Waals surface area contributed by atoms with Crippen molar-refractivity contribution in [3.8, 4) is 11.5 Å². The van der Waals surface area contributed by atoms with Gasteiger partial charge in [0.2, 0.25) is 10.0 Å². The van der Waals surface area contributed by atoms with Gasteiger partial charge in [0, 0.05) is 18.8 Å². The van der Waals surface area contributed by atoms with Crippen LogP contribution in [0.5, 0.6) is 11.5 Å². The fourth-order valence-electron chi connectivity index (χ4n) is 3.03. The summed E-state index contributed by atoms with van der Waals surface area (Å²) in [5.74, 6) is 0.273.